The molecule has 3 aliphatic heterocycles. The molecule has 1 atom stereocenters. The number of cyclic esters (lactones) is 1. The molecule has 0 unspecified atom stereocenters. The van der Waals surface area contributed by atoms with Crippen molar-refractivity contribution in [3.8, 4) is 0 Å². The molecular weight excluding hydrogens is 387 g/mol. The third kappa shape index (κ3) is 4.08. The van der Waals surface area contributed by atoms with E-state index in [2.05, 4.69) is 15.1 Å². The molecule has 0 bridgehead atoms. The number of benzene rings is 1. The molecule has 1 aromatic rings. The first-order valence-electron chi connectivity index (χ1n) is 9.25. The van der Waals surface area contributed by atoms with Crippen LogP contribution in [0.1, 0.15) is 6.42 Å². The van der Waals surface area contributed by atoms with Gasteiger partial charge in [0.1, 0.15) is 11.9 Å². The second-order valence-corrected chi connectivity index (χ2v) is 8.49. The van der Waals surface area contributed by atoms with Crippen molar-refractivity contribution in [1.29, 1.82) is 0 Å². The van der Waals surface area contributed by atoms with Gasteiger partial charge in [0.2, 0.25) is 0 Å². The monoisotopic (exact) mass is 410 g/mol. The zero-order valence-corrected chi connectivity index (χ0v) is 16.7. The number of amides is 1. The van der Waals surface area contributed by atoms with Crippen molar-refractivity contribution >= 4 is 46.6 Å². The van der Waals surface area contributed by atoms with Gasteiger partial charge in [0.25, 0.3) is 0 Å². The second kappa shape index (κ2) is 8.10. The molecule has 0 aromatic heterocycles. The van der Waals surface area contributed by atoms with Gasteiger partial charge in [0.15, 0.2) is 5.11 Å². The van der Waals surface area contributed by atoms with E-state index < -0.39 is 6.09 Å². The molecule has 3 heterocycles. The fourth-order valence-electron chi connectivity index (χ4n) is 3.40. The Bertz CT molecular complexity index is 725. The van der Waals surface area contributed by atoms with E-state index in [-0.39, 0.29) is 11.9 Å². The van der Waals surface area contributed by atoms with Crippen LogP contribution in [0, 0.1) is 5.82 Å². The van der Waals surface area contributed by atoms with Gasteiger partial charge < -0.3 is 19.9 Å². The SMILES string of the molecule is O=C1O[C@@H](CNC(=S)N2CCC2)CN1c1ccc(N2CCSCC2)c(F)c1. The summed E-state index contributed by atoms with van der Waals surface area (Å²) in [6, 6.07) is 4.99. The zero-order chi connectivity index (χ0) is 18.8. The van der Waals surface area contributed by atoms with Gasteiger partial charge in [-0.25, -0.2) is 9.18 Å². The van der Waals surface area contributed by atoms with Gasteiger partial charge in [0.05, 0.1) is 24.5 Å². The normalized spacial score (nSPS) is 22.5. The van der Waals surface area contributed by atoms with Gasteiger partial charge in [-0.2, -0.15) is 11.8 Å². The van der Waals surface area contributed by atoms with Gasteiger partial charge >= 0.3 is 6.09 Å². The minimum Gasteiger partial charge on any atom is -0.442 e. The Morgan fingerprint density at radius 2 is 2.07 bits per heavy atom. The van der Waals surface area contributed by atoms with Crippen molar-refractivity contribution < 1.29 is 13.9 Å². The molecule has 6 nitrogen and oxygen atoms in total. The molecule has 0 aliphatic carbocycles. The van der Waals surface area contributed by atoms with E-state index >= 15 is 0 Å². The Hall–Kier alpha value is -1.74. The number of rotatable bonds is 4. The van der Waals surface area contributed by atoms with E-state index in [1.807, 2.05) is 11.8 Å². The molecule has 27 heavy (non-hydrogen) atoms. The number of likely N-dealkylation sites (tertiary alicyclic amines) is 1. The molecule has 4 rings (SSSR count). The maximum Gasteiger partial charge on any atom is 0.414 e. The number of carbonyl (C=O) groups excluding carboxylic acids is 1. The average molecular weight is 411 g/mol. The Morgan fingerprint density at radius 1 is 1.30 bits per heavy atom. The number of hydrogen-bond donors (Lipinski definition) is 1. The highest BCUT2D eigenvalue weighted by Crippen LogP contribution is 2.29. The molecule has 9 heteroatoms. The van der Waals surface area contributed by atoms with Crippen LogP contribution in [-0.4, -0.2) is 73.0 Å². The van der Waals surface area contributed by atoms with Crippen molar-refractivity contribution in [2.75, 3.05) is 60.6 Å². The van der Waals surface area contributed by atoms with E-state index in [4.69, 9.17) is 17.0 Å². The summed E-state index contributed by atoms with van der Waals surface area (Å²) in [5, 5.41) is 3.85. The Morgan fingerprint density at radius 3 is 2.74 bits per heavy atom. The van der Waals surface area contributed by atoms with Gasteiger partial charge in [-0.05, 0) is 36.8 Å². The lowest BCUT2D eigenvalue weighted by Gasteiger charge is -2.33. The summed E-state index contributed by atoms with van der Waals surface area (Å²) in [5.74, 6) is 1.72. The van der Waals surface area contributed by atoms with Crippen molar-refractivity contribution in [3.05, 3.63) is 24.0 Å². The molecular formula is C18H23FN4O2S2. The van der Waals surface area contributed by atoms with Crippen LogP contribution in [0.4, 0.5) is 20.6 Å². The van der Waals surface area contributed by atoms with Crippen molar-refractivity contribution in [3.63, 3.8) is 0 Å². The molecule has 3 saturated heterocycles. The standard InChI is InChI=1S/C18H23FN4O2S2/c19-15-10-13(2-3-16(15)21-6-8-27-9-7-21)23-12-14(25-18(23)24)11-20-17(26)22-4-1-5-22/h2-3,10,14H,1,4-9,11-12H2,(H,20,26)/t14-/m0/s1. The van der Waals surface area contributed by atoms with Crippen molar-refractivity contribution in [2.45, 2.75) is 12.5 Å². The van der Waals surface area contributed by atoms with Crippen LogP contribution in [0.3, 0.4) is 0 Å². The lowest BCUT2D eigenvalue weighted by atomic mass is 10.2. The van der Waals surface area contributed by atoms with E-state index in [1.165, 1.54) is 11.0 Å². The van der Waals surface area contributed by atoms with Crippen molar-refractivity contribution in [1.82, 2.24) is 10.2 Å². The Kier molecular flexibility index (Phi) is 5.58. The fraction of sp³-hybridized carbons (Fsp3) is 0.556. The van der Waals surface area contributed by atoms with Crippen LogP contribution in [0.15, 0.2) is 18.2 Å². The van der Waals surface area contributed by atoms with Crippen LogP contribution in [0.2, 0.25) is 0 Å². The van der Waals surface area contributed by atoms with E-state index in [0.717, 1.165) is 44.1 Å². The van der Waals surface area contributed by atoms with Gasteiger partial charge in [-0.1, -0.05) is 0 Å². The van der Waals surface area contributed by atoms with E-state index in [0.29, 0.717) is 29.6 Å². The van der Waals surface area contributed by atoms with Crippen LogP contribution in [0.5, 0.6) is 0 Å². The molecule has 1 N–H and O–H groups in total. The average Bonchev–Trinajstić information content (AvgIpc) is 3.00. The summed E-state index contributed by atoms with van der Waals surface area (Å²) in [4.78, 5) is 17.8. The highest BCUT2D eigenvalue weighted by atomic mass is 32.2. The number of thiocarbonyl (C=S) groups is 1. The minimum absolute atomic E-state index is 0.298. The lowest BCUT2D eigenvalue weighted by Crippen LogP contribution is -2.49. The first kappa shape index (κ1) is 18.6. The maximum atomic E-state index is 14.6. The quantitative estimate of drug-likeness (QED) is 0.764. The summed E-state index contributed by atoms with van der Waals surface area (Å²) in [6.45, 7) is 4.49. The third-order valence-corrected chi connectivity index (χ3v) is 6.44. The highest BCUT2D eigenvalue weighted by molar-refractivity contribution is 7.99. The van der Waals surface area contributed by atoms with Gasteiger partial charge in [0, 0.05) is 37.7 Å². The molecule has 0 radical (unpaired) electrons. The molecule has 1 amide bonds. The number of carbonyl (C=O) groups is 1. The first-order chi connectivity index (χ1) is 13.1. The predicted octanol–water partition coefficient (Wildman–Crippen LogP) is 2.28. The fourth-order valence-corrected chi connectivity index (χ4v) is 4.56. The Balaban J connectivity index is 1.37. The van der Waals surface area contributed by atoms with Crippen LogP contribution >= 0.6 is 24.0 Å². The lowest BCUT2D eigenvalue weighted by molar-refractivity contribution is 0.142. The molecule has 0 saturated carbocycles. The number of anilines is 2. The summed E-state index contributed by atoms with van der Waals surface area (Å²) in [5.41, 5.74) is 1.13. The zero-order valence-electron chi connectivity index (χ0n) is 15.0. The number of hydrogen-bond acceptors (Lipinski definition) is 5. The molecule has 146 valence electrons. The van der Waals surface area contributed by atoms with E-state index in [1.54, 1.807) is 12.1 Å². The maximum absolute atomic E-state index is 14.6. The number of thioether (sulfide) groups is 1. The summed E-state index contributed by atoms with van der Waals surface area (Å²) < 4.78 is 20.0. The van der Waals surface area contributed by atoms with Crippen LogP contribution in [0.25, 0.3) is 0 Å². The molecule has 3 fully saturated rings. The summed E-state index contributed by atoms with van der Waals surface area (Å²) in [6.07, 6.45) is 0.406. The topological polar surface area (TPSA) is 48.1 Å². The Labute approximate surface area is 168 Å². The smallest absolute Gasteiger partial charge is 0.414 e. The third-order valence-electron chi connectivity index (χ3n) is 5.09. The van der Waals surface area contributed by atoms with Crippen molar-refractivity contribution in [2.24, 2.45) is 0 Å². The summed E-state index contributed by atoms with van der Waals surface area (Å²) >= 11 is 7.20. The minimum atomic E-state index is -0.446. The molecule has 1 aromatic carbocycles. The van der Waals surface area contributed by atoms with Crippen LogP contribution in [-0.2, 0) is 4.74 Å². The predicted molar refractivity (Wildman–Crippen MR) is 110 cm³/mol. The number of ether oxygens (including phenoxy) is 1. The van der Waals surface area contributed by atoms with E-state index in [9.17, 15) is 9.18 Å². The number of nitrogens with zero attached hydrogens (tertiary/aromatic N) is 3. The van der Waals surface area contributed by atoms with Gasteiger partial charge in [-0.15, -0.1) is 0 Å². The largest absolute Gasteiger partial charge is 0.442 e. The number of halogens is 1. The second-order valence-electron chi connectivity index (χ2n) is 6.88. The van der Waals surface area contributed by atoms with Crippen LogP contribution < -0.4 is 15.1 Å². The molecule has 0 spiro atoms. The van der Waals surface area contributed by atoms with Gasteiger partial charge in [-0.3, -0.25) is 4.90 Å². The first-order valence-corrected chi connectivity index (χ1v) is 10.8. The molecule has 3 aliphatic rings. The number of nitrogens with one attached hydrogen (secondary N) is 1. The highest BCUT2D eigenvalue weighted by Gasteiger charge is 2.33. The summed E-state index contributed by atoms with van der Waals surface area (Å²) in [7, 11) is 0.